The standard InChI is InChI=1S/C12H13N3O8S/c1-9-2-4-10(5-3-9)24(21,22)23-6-11(16)13-7-12(8-13,14(17)18)15(19)20/h2-5H,6-8H2,1H3. The van der Waals surface area contributed by atoms with Gasteiger partial charge in [0.1, 0.15) is 16.5 Å². The third-order valence-corrected chi connectivity index (χ3v) is 4.85. The molecule has 1 saturated heterocycles. The number of amides is 1. The van der Waals surface area contributed by atoms with E-state index < -0.39 is 51.2 Å². The lowest BCUT2D eigenvalue weighted by atomic mass is 10.0. The van der Waals surface area contributed by atoms with E-state index in [1.54, 1.807) is 19.1 Å². The number of hydrogen-bond acceptors (Lipinski definition) is 8. The van der Waals surface area contributed by atoms with Gasteiger partial charge in [-0.3, -0.25) is 29.2 Å². The molecule has 1 aromatic rings. The molecule has 1 aliphatic rings. The number of aryl methyl sites for hydroxylation is 1. The van der Waals surface area contributed by atoms with Crippen LogP contribution in [-0.2, 0) is 19.1 Å². The number of carbonyl (C=O) groups excluding carboxylic acids is 1. The summed E-state index contributed by atoms with van der Waals surface area (Å²) >= 11 is 0. The number of rotatable bonds is 6. The first-order valence-corrected chi connectivity index (χ1v) is 8.02. The van der Waals surface area contributed by atoms with Crippen LogP contribution in [0.15, 0.2) is 29.2 Å². The average Bonchev–Trinajstić information content (AvgIpc) is 2.43. The van der Waals surface area contributed by atoms with Gasteiger partial charge in [0.2, 0.25) is 0 Å². The van der Waals surface area contributed by atoms with Crippen LogP contribution in [0.4, 0.5) is 0 Å². The second-order valence-electron chi connectivity index (χ2n) is 5.28. The summed E-state index contributed by atoms with van der Waals surface area (Å²) in [5.41, 5.74) is -1.60. The summed E-state index contributed by atoms with van der Waals surface area (Å²) in [5, 5.41) is 21.5. The number of hydrogen-bond donors (Lipinski definition) is 0. The molecular weight excluding hydrogens is 346 g/mol. The van der Waals surface area contributed by atoms with Gasteiger partial charge in [0.05, 0.1) is 4.90 Å². The molecule has 0 radical (unpaired) electrons. The van der Waals surface area contributed by atoms with Gasteiger partial charge in [-0.2, -0.15) is 8.42 Å². The summed E-state index contributed by atoms with van der Waals surface area (Å²) < 4.78 is 28.4. The fourth-order valence-electron chi connectivity index (χ4n) is 2.03. The van der Waals surface area contributed by atoms with E-state index in [1.165, 1.54) is 12.1 Å². The minimum Gasteiger partial charge on any atom is -0.312 e. The van der Waals surface area contributed by atoms with Gasteiger partial charge >= 0.3 is 5.66 Å². The van der Waals surface area contributed by atoms with Crippen LogP contribution in [0.2, 0.25) is 0 Å². The summed E-state index contributed by atoms with van der Waals surface area (Å²) in [4.78, 5) is 31.8. The predicted octanol–water partition coefficient (Wildman–Crippen LogP) is -0.208. The zero-order valence-corrected chi connectivity index (χ0v) is 13.3. The topological polar surface area (TPSA) is 150 Å². The number of benzene rings is 1. The normalized spacial score (nSPS) is 16.3. The van der Waals surface area contributed by atoms with Crippen molar-refractivity contribution in [2.45, 2.75) is 17.5 Å². The van der Waals surface area contributed by atoms with Crippen molar-refractivity contribution in [1.82, 2.24) is 4.90 Å². The SMILES string of the molecule is Cc1ccc(S(=O)(=O)OCC(=O)N2CC([N+](=O)[O-])([N+](=O)[O-])C2)cc1. The van der Waals surface area contributed by atoms with Gasteiger partial charge in [0.25, 0.3) is 16.0 Å². The third kappa shape index (κ3) is 3.19. The monoisotopic (exact) mass is 359 g/mol. The molecule has 24 heavy (non-hydrogen) atoms. The van der Waals surface area contributed by atoms with Crippen molar-refractivity contribution in [2.75, 3.05) is 19.7 Å². The summed E-state index contributed by atoms with van der Waals surface area (Å²) in [6, 6.07) is 5.72. The van der Waals surface area contributed by atoms with Crippen LogP contribution < -0.4 is 0 Å². The van der Waals surface area contributed by atoms with Crippen molar-refractivity contribution in [3.8, 4) is 0 Å². The van der Waals surface area contributed by atoms with Crippen LogP contribution in [0.3, 0.4) is 0 Å². The predicted molar refractivity (Wildman–Crippen MR) is 77.6 cm³/mol. The zero-order valence-electron chi connectivity index (χ0n) is 12.4. The molecule has 0 unspecified atom stereocenters. The van der Waals surface area contributed by atoms with Crippen LogP contribution in [0.25, 0.3) is 0 Å². The van der Waals surface area contributed by atoms with Crippen molar-refractivity contribution in [2.24, 2.45) is 0 Å². The minimum absolute atomic E-state index is 0.144. The highest BCUT2D eigenvalue weighted by molar-refractivity contribution is 7.86. The van der Waals surface area contributed by atoms with Gasteiger partial charge in [-0.25, -0.2) is 0 Å². The highest BCUT2D eigenvalue weighted by Crippen LogP contribution is 2.25. The maximum Gasteiger partial charge on any atom is 0.492 e. The molecule has 2 rings (SSSR count). The molecule has 0 aromatic heterocycles. The lowest BCUT2D eigenvalue weighted by Crippen LogP contribution is -2.71. The van der Waals surface area contributed by atoms with E-state index in [2.05, 4.69) is 4.18 Å². The van der Waals surface area contributed by atoms with Crippen LogP contribution in [0.5, 0.6) is 0 Å². The van der Waals surface area contributed by atoms with Crippen molar-refractivity contribution in [3.05, 3.63) is 50.1 Å². The van der Waals surface area contributed by atoms with Gasteiger partial charge in [0, 0.05) is 0 Å². The van der Waals surface area contributed by atoms with Gasteiger partial charge in [0.15, 0.2) is 13.1 Å². The number of nitrogens with zero attached hydrogens (tertiary/aromatic N) is 3. The molecule has 11 nitrogen and oxygen atoms in total. The maximum absolute atomic E-state index is 11.9. The van der Waals surface area contributed by atoms with Gasteiger partial charge in [-0.15, -0.1) is 0 Å². The fourth-order valence-corrected chi connectivity index (χ4v) is 2.89. The first kappa shape index (κ1) is 17.7. The fraction of sp³-hybridized carbons (Fsp3) is 0.417. The molecule has 130 valence electrons. The Kier molecular flexibility index (Phi) is 4.53. The van der Waals surface area contributed by atoms with Crippen LogP contribution >= 0.6 is 0 Å². The Labute approximate surface area is 136 Å². The first-order valence-electron chi connectivity index (χ1n) is 6.61. The highest BCUT2D eigenvalue weighted by Gasteiger charge is 2.67. The molecule has 1 fully saturated rings. The van der Waals surface area contributed by atoms with E-state index >= 15 is 0 Å². The molecule has 1 amide bonds. The second-order valence-corrected chi connectivity index (χ2v) is 6.89. The van der Waals surface area contributed by atoms with E-state index in [-0.39, 0.29) is 4.90 Å². The summed E-state index contributed by atoms with van der Waals surface area (Å²) in [5.74, 6) is -0.884. The Balaban J connectivity index is 1.96. The third-order valence-electron chi connectivity index (χ3n) is 3.57. The van der Waals surface area contributed by atoms with Gasteiger partial charge in [-0.05, 0) is 19.1 Å². The van der Waals surface area contributed by atoms with E-state index in [9.17, 15) is 33.4 Å². The lowest BCUT2D eigenvalue weighted by molar-refractivity contribution is -0.809. The Hall–Kier alpha value is -2.60. The highest BCUT2D eigenvalue weighted by atomic mass is 32.2. The van der Waals surface area contributed by atoms with Crippen LogP contribution in [0.1, 0.15) is 5.56 Å². The van der Waals surface area contributed by atoms with E-state index in [0.29, 0.717) is 0 Å². The Morgan fingerprint density at radius 2 is 1.71 bits per heavy atom. The maximum atomic E-state index is 11.9. The first-order chi connectivity index (χ1) is 11.1. The van der Waals surface area contributed by atoms with E-state index in [1.807, 2.05) is 0 Å². The number of nitro groups is 2. The van der Waals surface area contributed by atoms with Crippen molar-refractivity contribution < 1.29 is 27.2 Å². The molecule has 0 bridgehead atoms. The van der Waals surface area contributed by atoms with Crippen LogP contribution in [-0.4, -0.2) is 54.4 Å². The largest absolute Gasteiger partial charge is 0.492 e. The van der Waals surface area contributed by atoms with E-state index in [4.69, 9.17) is 0 Å². The minimum atomic E-state index is -4.17. The summed E-state index contributed by atoms with van der Waals surface area (Å²) in [7, 11) is -4.17. The average molecular weight is 359 g/mol. The second kappa shape index (κ2) is 6.13. The molecule has 1 aromatic carbocycles. The quantitative estimate of drug-likeness (QED) is 0.293. The Morgan fingerprint density at radius 3 is 2.17 bits per heavy atom. The van der Waals surface area contributed by atoms with Gasteiger partial charge < -0.3 is 4.90 Å². The summed E-state index contributed by atoms with van der Waals surface area (Å²) in [6.45, 7) is -0.594. The van der Waals surface area contributed by atoms with Crippen molar-refractivity contribution in [3.63, 3.8) is 0 Å². The molecule has 0 aliphatic carbocycles. The van der Waals surface area contributed by atoms with Crippen molar-refractivity contribution in [1.29, 1.82) is 0 Å². The summed E-state index contributed by atoms with van der Waals surface area (Å²) in [6.07, 6.45) is 0. The molecule has 0 spiro atoms. The van der Waals surface area contributed by atoms with E-state index in [0.717, 1.165) is 10.5 Å². The van der Waals surface area contributed by atoms with Crippen molar-refractivity contribution >= 4 is 16.0 Å². The van der Waals surface area contributed by atoms with Gasteiger partial charge in [-0.1, -0.05) is 17.7 Å². The van der Waals surface area contributed by atoms with Crippen LogP contribution in [0, 0.1) is 27.2 Å². The molecule has 1 heterocycles. The Bertz CT molecular complexity index is 767. The molecule has 12 heteroatoms. The lowest BCUT2D eigenvalue weighted by Gasteiger charge is -2.35. The number of carbonyl (C=O) groups is 1. The smallest absolute Gasteiger partial charge is 0.312 e. The molecule has 0 atom stereocenters. The zero-order chi connectivity index (χ0) is 18.1. The molecule has 1 aliphatic heterocycles. The molecular formula is C12H13N3O8S. The molecule has 0 saturated carbocycles. The molecule has 0 N–H and O–H groups in total. The Morgan fingerprint density at radius 1 is 1.21 bits per heavy atom. The number of likely N-dealkylation sites (tertiary alicyclic amines) is 1.